The van der Waals surface area contributed by atoms with E-state index in [1.54, 1.807) is 6.20 Å². The molecule has 0 spiro atoms. The van der Waals surface area contributed by atoms with E-state index in [9.17, 15) is 9.59 Å². The van der Waals surface area contributed by atoms with Gasteiger partial charge in [-0.3, -0.25) is 14.6 Å². The number of hydrogen-bond acceptors (Lipinski definition) is 5. The second-order valence-electron chi connectivity index (χ2n) is 5.23. The van der Waals surface area contributed by atoms with Crippen LogP contribution in [0.3, 0.4) is 0 Å². The molecule has 6 nitrogen and oxygen atoms in total. The molecule has 2 aromatic heterocycles. The van der Waals surface area contributed by atoms with Crippen LogP contribution in [-0.2, 0) is 22.4 Å². The van der Waals surface area contributed by atoms with Gasteiger partial charge in [0.15, 0.2) is 0 Å². The third kappa shape index (κ3) is 4.85. The number of aromatic nitrogens is 2. The Morgan fingerprint density at radius 1 is 1.39 bits per heavy atom. The second-order valence-corrected chi connectivity index (χ2v) is 6.09. The summed E-state index contributed by atoms with van der Waals surface area (Å²) in [6.45, 7) is 3.53. The predicted octanol–water partition coefficient (Wildman–Crippen LogP) is 2.29. The van der Waals surface area contributed by atoms with E-state index in [4.69, 9.17) is 5.11 Å². The van der Waals surface area contributed by atoms with Crippen LogP contribution in [0.4, 0.5) is 0 Å². The van der Waals surface area contributed by atoms with E-state index in [2.05, 4.69) is 22.2 Å². The fourth-order valence-electron chi connectivity index (χ4n) is 2.04. The lowest BCUT2D eigenvalue weighted by Gasteiger charge is -2.07. The van der Waals surface area contributed by atoms with Gasteiger partial charge in [-0.15, -0.1) is 11.3 Å². The van der Waals surface area contributed by atoms with Crippen LogP contribution in [0.5, 0.6) is 0 Å². The van der Waals surface area contributed by atoms with Crippen LogP contribution in [0, 0.1) is 0 Å². The van der Waals surface area contributed by atoms with Crippen molar-refractivity contribution < 1.29 is 14.7 Å². The van der Waals surface area contributed by atoms with Gasteiger partial charge in [-0.1, -0.05) is 13.3 Å². The van der Waals surface area contributed by atoms with Crippen molar-refractivity contribution in [1.29, 1.82) is 0 Å². The predicted molar refractivity (Wildman–Crippen MR) is 88.3 cm³/mol. The molecule has 2 aromatic rings. The van der Waals surface area contributed by atoms with Crippen LogP contribution in [0.15, 0.2) is 23.7 Å². The summed E-state index contributed by atoms with van der Waals surface area (Å²) in [5, 5.41) is 13.9. The van der Waals surface area contributed by atoms with E-state index >= 15 is 0 Å². The highest BCUT2D eigenvalue weighted by atomic mass is 32.1. The highest BCUT2D eigenvalue weighted by molar-refractivity contribution is 7.13. The molecule has 0 saturated carbocycles. The highest BCUT2D eigenvalue weighted by Gasteiger charge is 2.15. The number of carbonyl (C=O) groups is 2. The number of hydrogen-bond donors (Lipinski definition) is 2. The minimum absolute atomic E-state index is 0.0705. The zero-order valence-electron chi connectivity index (χ0n) is 13.1. The molecule has 1 atom stereocenters. The lowest BCUT2D eigenvalue weighted by Crippen LogP contribution is -2.39. The molecule has 122 valence electrons. The number of nitrogens with zero attached hydrogens (tertiary/aromatic N) is 2. The molecule has 0 bridgehead atoms. The number of aliphatic carboxylic acids is 1. The Bertz CT molecular complexity index is 699. The maximum atomic E-state index is 11.8. The van der Waals surface area contributed by atoms with Crippen LogP contribution in [0.2, 0.25) is 0 Å². The first-order chi connectivity index (χ1) is 11.0. The molecule has 0 aromatic carbocycles. The molecule has 0 saturated heterocycles. The lowest BCUT2D eigenvalue weighted by atomic mass is 10.2. The minimum atomic E-state index is -1.06. The van der Waals surface area contributed by atoms with Crippen molar-refractivity contribution in [3.63, 3.8) is 0 Å². The molecule has 1 amide bonds. The summed E-state index contributed by atoms with van der Waals surface area (Å²) >= 11 is 1.46. The van der Waals surface area contributed by atoms with Gasteiger partial charge in [0.25, 0.3) is 0 Å². The van der Waals surface area contributed by atoms with Crippen molar-refractivity contribution in [2.45, 2.75) is 39.2 Å². The lowest BCUT2D eigenvalue weighted by molar-refractivity contribution is -0.141. The standard InChI is InChI=1S/C16H19N3O3S/c1-3-4-12-7-11(5-6-17-12)15-19-13(9-23-15)8-14(20)18-10(2)16(21)22/h5-7,9-10H,3-4,8H2,1-2H3,(H,18,20)(H,21,22). The van der Waals surface area contributed by atoms with E-state index in [0.29, 0.717) is 5.69 Å². The normalized spacial score (nSPS) is 11.9. The molecule has 0 aliphatic rings. The number of amides is 1. The number of carboxylic acid groups (broad SMARTS) is 1. The van der Waals surface area contributed by atoms with Gasteiger partial charge >= 0.3 is 5.97 Å². The van der Waals surface area contributed by atoms with E-state index < -0.39 is 12.0 Å². The fourth-order valence-corrected chi connectivity index (χ4v) is 2.86. The molecule has 2 rings (SSSR count). The smallest absolute Gasteiger partial charge is 0.325 e. The number of nitrogens with one attached hydrogen (secondary N) is 1. The van der Waals surface area contributed by atoms with Crippen LogP contribution < -0.4 is 5.32 Å². The fraction of sp³-hybridized carbons (Fsp3) is 0.375. The maximum Gasteiger partial charge on any atom is 0.325 e. The van der Waals surface area contributed by atoms with Crippen molar-refractivity contribution in [2.75, 3.05) is 0 Å². The van der Waals surface area contributed by atoms with Crippen molar-refractivity contribution in [1.82, 2.24) is 15.3 Å². The summed E-state index contributed by atoms with van der Waals surface area (Å²) in [5.41, 5.74) is 2.64. The first kappa shape index (κ1) is 17.1. The summed E-state index contributed by atoms with van der Waals surface area (Å²) in [7, 11) is 0. The Morgan fingerprint density at radius 3 is 2.87 bits per heavy atom. The van der Waals surface area contributed by atoms with Crippen molar-refractivity contribution in [3.05, 3.63) is 35.1 Å². The first-order valence-corrected chi connectivity index (χ1v) is 8.29. The largest absolute Gasteiger partial charge is 0.480 e. The van der Waals surface area contributed by atoms with Gasteiger partial charge in [0.05, 0.1) is 12.1 Å². The Hall–Kier alpha value is -2.28. The van der Waals surface area contributed by atoms with Gasteiger partial charge in [0.2, 0.25) is 5.91 Å². The van der Waals surface area contributed by atoms with Crippen molar-refractivity contribution in [3.8, 4) is 10.6 Å². The molecule has 1 unspecified atom stereocenters. The Balaban J connectivity index is 2.04. The van der Waals surface area contributed by atoms with Gasteiger partial charge in [0.1, 0.15) is 11.0 Å². The number of carbonyl (C=O) groups excluding carboxylic acids is 1. The van der Waals surface area contributed by atoms with Crippen LogP contribution in [0.1, 0.15) is 31.7 Å². The van der Waals surface area contributed by atoms with Crippen LogP contribution in [0.25, 0.3) is 10.6 Å². The molecular formula is C16H19N3O3S. The van der Waals surface area contributed by atoms with Gasteiger partial charge in [-0.25, -0.2) is 4.98 Å². The first-order valence-electron chi connectivity index (χ1n) is 7.41. The Kier molecular flexibility index (Phi) is 5.81. The highest BCUT2D eigenvalue weighted by Crippen LogP contribution is 2.24. The summed E-state index contributed by atoms with van der Waals surface area (Å²) in [5.74, 6) is -1.41. The minimum Gasteiger partial charge on any atom is -0.480 e. The van der Waals surface area contributed by atoms with E-state index in [1.807, 2.05) is 17.5 Å². The van der Waals surface area contributed by atoms with Gasteiger partial charge in [-0.2, -0.15) is 0 Å². The quantitative estimate of drug-likeness (QED) is 0.811. The Labute approximate surface area is 138 Å². The molecular weight excluding hydrogens is 314 g/mol. The second kappa shape index (κ2) is 7.82. The molecule has 0 aliphatic heterocycles. The van der Waals surface area contributed by atoms with Gasteiger partial charge in [-0.05, 0) is 25.5 Å². The van der Waals surface area contributed by atoms with Crippen molar-refractivity contribution >= 4 is 23.2 Å². The number of thiazole rings is 1. The van der Waals surface area contributed by atoms with Crippen molar-refractivity contribution in [2.24, 2.45) is 0 Å². The molecule has 2 N–H and O–H groups in total. The van der Waals surface area contributed by atoms with E-state index in [-0.39, 0.29) is 12.3 Å². The summed E-state index contributed by atoms with van der Waals surface area (Å²) in [6, 6.07) is 3.00. The summed E-state index contributed by atoms with van der Waals surface area (Å²) < 4.78 is 0. The zero-order valence-corrected chi connectivity index (χ0v) is 13.9. The van der Waals surface area contributed by atoms with Gasteiger partial charge in [0, 0.05) is 22.8 Å². The molecule has 2 heterocycles. The van der Waals surface area contributed by atoms with Crippen LogP contribution in [-0.4, -0.2) is 33.0 Å². The average molecular weight is 333 g/mol. The summed E-state index contributed by atoms with van der Waals surface area (Å²) in [4.78, 5) is 31.3. The topological polar surface area (TPSA) is 92.2 Å². The van der Waals surface area contributed by atoms with E-state index in [0.717, 1.165) is 29.1 Å². The maximum absolute atomic E-state index is 11.8. The summed E-state index contributed by atoms with van der Waals surface area (Å²) in [6.07, 6.45) is 3.78. The average Bonchev–Trinajstić information content (AvgIpc) is 2.96. The number of aryl methyl sites for hydroxylation is 1. The molecule has 0 radical (unpaired) electrons. The van der Waals surface area contributed by atoms with Gasteiger partial charge < -0.3 is 10.4 Å². The molecule has 0 fully saturated rings. The van der Waals surface area contributed by atoms with E-state index in [1.165, 1.54) is 18.3 Å². The molecule has 0 aliphatic carbocycles. The monoisotopic (exact) mass is 333 g/mol. The molecule has 23 heavy (non-hydrogen) atoms. The Morgan fingerprint density at radius 2 is 2.17 bits per heavy atom. The van der Waals surface area contributed by atoms with Crippen LogP contribution >= 0.6 is 11.3 Å². The molecule has 7 heteroatoms. The number of rotatable bonds is 7. The SMILES string of the molecule is CCCc1cc(-c2nc(CC(=O)NC(C)C(=O)O)cs2)ccn1. The third-order valence-electron chi connectivity index (χ3n) is 3.21. The number of pyridine rings is 1. The third-order valence-corrected chi connectivity index (χ3v) is 4.15. The zero-order chi connectivity index (χ0) is 16.8. The number of carboxylic acids is 1.